The zero-order chi connectivity index (χ0) is 13.1. The fourth-order valence-corrected chi connectivity index (χ4v) is 2.76. The lowest BCUT2D eigenvalue weighted by Gasteiger charge is -2.25. The average Bonchev–Trinajstić information content (AvgIpc) is 2.34. The van der Waals surface area contributed by atoms with Crippen LogP contribution in [0.15, 0.2) is 22.7 Å². The summed E-state index contributed by atoms with van der Waals surface area (Å²) in [4.78, 5) is 12.1. The Labute approximate surface area is 128 Å². The normalized spacial score (nSPS) is 22.5. The van der Waals surface area contributed by atoms with E-state index in [-0.39, 0.29) is 30.3 Å². The molecule has 2 atom stereocenters. The molecule has 1 aromatic carbocycles. The van der Waals surface area contributed by atoms with Crippen LogP contribution in [-0.4, -0.2) is 11.9 Å². The van der Waals surface area contributed by atoms with Gasteiger partial charge in [-0.05, 0) is 43.9 Å². The van der Waals surface area contributed by atoms with Gasteiger partial charge < -0.3 is 11.1 Å². The molecule has 0 saturated heterocycles. The van der Waals surface area contributed by atoms with E-state index in [1.807, 2.05) is 25.1 Å². The summed E-state index contributed by atoms with van der Waals surface area (Å²) >= 11 is 3.47. The molecule has 1 saturated carbocycles. The summed E-state index contributed by atoms with van der Waals surface area (Å²) in [5.74, 6) is 0.162. The van der Waals surface area contributed by atoms with Gasteiger partial charge in [0.05, 0.1) is 0 Å². The number of hydrogen-bond acceptors (Lipinski definition) is 2. The molecule has 106 valence electrons. The largest absolute Gasteiger partial charge is 0.328 e. The van der Waals surface area contributed by atoms with Crippen LogP contribution in [0.4, 0.5) is 5.69 Å². The van der Waals surface area contributed by atoms with Gasteiger partial charge >= 0.3 is 0 Å². The van der Waals surface area contributed by atoms with Gasteiger partial charge in [0.15, 0.2) is 0 Å². The van der Waals surface area contributed by atoms with Crippen LogP contribution in [0.5, 0.6) is 0 Å². The predicted octanol–water partition coefficient (Wildman–Crippen LogP) is 3.64. The van der Waals surface area contributed by atoms with E-state index in [4.69, 9.17) is 5.73 Å². The lowest BCUT2D eigenvalue weighted by molar-refractivity contribution is -0.120. The molecule has 5 heteroatoms. The highest BCUT2D eigenvalue weighted by molar-refractivity contribution is 9.10. The summed E-state index contributed by atoms with van der Waals surface area (Å²) in [6.07, 6.45) is 3.85. The minimum atomic E-state index is 0. The van der Waals surface area contributed by atoms with Gasteiger partial charge in [0.2, 0.25) is 5.91 Å². The molecule has 3 N–H and O–H groups in total. The highest BCUT2D eigenvalue weighted by atomic mass is 79.9. The molecule has 2 rings (SSSR count). The van der Waals surface area contributed by atoms with Crippen molar-refractivity contribution in [3.05, 3.63) is 28.2 Å². The van der Waals surface area contributed by atoms with E-state index in [1.54, 1.807) is 0 Å². The lowest BCUT2D eigenvalue weighted by atomic mass is 9.85. The number of rotatable bonds is 2. The highest BCUT2D eigenvalue weighted by Gasteiger charge is 2.25. The van der Waals surface area contributed by atoms with Crippen LogP contribution in [-0.2, 0) is 4.79 Å². The van der Waals surface area contributed by atoms with Gasteiger partial charge in [-0.1, -0.05) is 28.4 Å². The maximum Gasteiger partial charge on any atom is 0.227 e. The van der Waals surface area contributed by atoms with Crippen LogP contribution in [0.3, 0.4) is 0 Å². The molecule has 1 fully saturated rings. The average molecular weight is 348 g/mol. The minimum Gasteiger partial charge on any atom is -0.328 e. The quantitative estimate of drug-likeness (QED) is 0.858. The molecule has 19 heavy (non-hydrogen) atoms. The van der Waals surface area contributed by atoms with Crippen LogP contribution < -0.4 is 11.1 Å². The monoisotopic (exact) mass is 346 g/mol. The second-order valence-corrected chi connectivity index (χ2v) is 5.93. The van der Waals surface area contributed by atoms with Crippen molar-refractivity contribution in [2.24, 2.45) is 11.7 Å². The topological polar surface area (TPSA) is 55.1 Å². The second-order valence-electron chi connectivity index (χ2n) is 5.08. The Morgan fingerprint density at radius 2 is 2.16 bits per heavy atom. The van der Waals surface area contributed by atoms with Crippen molar-refractivity contribution in [2.75, 3.05) is 5.32 Å². The summed E-state index contributed by atoms with van der Waals surface area (Å²) < 4.78 is 1.01. The molecule has 1 aliphatic rings. The number of aryl methyl sites for hydroxylation is 1. The first-order chi connectivity index (χ1) is 8.56. The molecule has 0 aliphatic heterocycles. The molecular weight excluding hydrogens is 328 g/mol. The molecule has 1 aromatic rings. The number of anilines is 1. The first-order valence-electron chi connectivity index (χ1n) is 6.39. The van der Waals surface area contributed by atoms with E-state index in [9.17, 15) is 4.79 Å². The first kappa shape index (κ1) is 16.5. The van der Waals surface area contributed by atoms with E-state index in [2.05, 4.69) is 21.2 Å². The molecule has 0 heterocycles. The minimum absolute atomic E-state index is 0. The van der Waals surface area contributed by atoms with Crippen LogP contribution in [0, 0.1) is 12.8 Å². The molecule has 0 spiro atoms. The third kappa shape index (κ3) is 4.48. The maximum atomic E-state index is 12.1. The van der Waals surface area contributed by atoms with Crippen molar-refractivity contribution < 1.29 is 4.79 Å². The molecule has 1 amide bonds. The molecule has 0 radical (unpaired) electrons. The van der Waals surface area contributed by atoms with Crippen molar-refractivity contribution in [1.82, 2.24) is 0 Å². The second kappa shape index (κ2) is 7.27. The predicted molar refractivity (Wildman–Crippen MR) is 84.7 cm³/mol. The fourth-order valence-electron chi connectivity index (χ4n) is 2.38. The molecule has 2 unspecified atom stereocenters. The Balaban J connectivity index is 0.00000180. The molecule has 3 nitrogen and oxygen atoms in total. The number of benzene rings is 1. The number of nitrogens with one attached hydrogen (secondary N) is 1. The molecule has 0 aromatic heterocycles. The number of carbonyl (C=O) groups is 1. The molecule has 1 aliphatic carbocycles. The van der Waals surface area contributed by atoms with Gasteiger partial charge in [-0.2, -0.15) is 0 Å². The van der Waals surface area contributed by atoms with Crippen molar-refractivity contribution in [2.45, 2.75) is 38.6 Å². The zero-order valence-electron chi connectivity index (χ0n) is 11.0. The summed E-state index contributed by atoms with van der Waals surface area (Å²) in [6, 6.07) is 6.04. The van der Waals surface area contributed by atoms with Crippen molar-refractivity contribution in [1.29, 1.82) is 0 Å². The standard InChI is InChI=1S/C14H19BrN2O.ClH/c1-9-5-6-12(8-13(9)15)17-14(18)10-3-2-4-11(16)7-10;/h5-6,8,10-11H,2-4,7,16H2,1H3,(H,17,18);1H. The Morgan fingerprint density at radius 1 is 1.42 bits per heavy atom. The third-order valence-electron chi connectivity index (χ3n) is 3.52. The van der Waals surface area contributed by atoms with Gasteiger partial charge in [0.1, 0.15) is 0 Å². The summed E-state index contributed by atoms with van der Waals surface area (Å²) in [5, 5.41) is 2.98. The van der Waals surface area contributed by atoms with Crippen LogP contribution in [0.2, 0.25) is 0 Å². The summed E-state index contributed by atoms with van der Waals surface area (Å²) in [5.41, 5.74) is 7.92. The Bertz CT molecular complexity index is 453. The highest BCUT2D eigenvalue weighted by Crippen LogP contribution is 2.26. The van der Waals surface area contributed by atoms with E-state index in [1.165, 1.54) is 0 Å². The number of amides is 1. The maximum absolute atomic E-state index is 12.1. The zero-order valence-corrected chi connectivity index (χ0v) is 13.4. The van der Waals surface area contributed by atoms with Crippen LogP contribution in [0.25, 0.3) is 0 Å². The van der Waals surface area contributed by atoms with Crippen molar-refractivity contribution in [3.63, 3.8) is 0 Å². The number of nitrogens with two attached hydrogens (primary N) is 1. The van der Waals surface area contributed by atoms with E-state index in [0.29, 0.717) is 0 Å². The van der Waals surface area contributed by atoms with Gasteiger partial charge in [-0.3, -0.25) is 4.79 Å². The van der Waals surface area contributed by atoms with Crippen molar-refractivity contribution in [3.8, 4) is 0 Å². The molecular formula is C14H20BrClN2O. The van der Waals surface area contributed by atoms with Gasteiger partial charge in [-0.25, -0.2) is 0 Å². The van der Waals surface area contributed by atoms with Crippen LogP contribution in [0.1, 0.15) is 31.2 Å². The van der Waals surface area contributed by atoms with Crippen LogP contribution >= 0.6 is 28.3 Å². The van der Waals surface area contributed by atoms with Crippen molar-refractivity contribution >= 4 is 39.9 Å². The van der Waals surface area contributed by atoms with Gasteiger partial charge in [0, 0.05) is 22.1 Å². The Kier molecular flexibility index (Phi) is 6.30. The van der Waals surface area contributed by atoms with E-state index >= 15 is 0 Å². The summed E-state index contributed by atoms with van der Waals surface area (Å²) in [6.45, 7) is 2.02. The van der Waals surface area contributed by atoms with Gasteiger partial charge in [0.25, 0.3) is 0 Å². The number of halogens is 2. The number of hydrogen-bond donors (Lipinski definition) is 2. The fraction of sp³-hybridized carbons (Fsp3) is 0.500. The SMILES string of the molecule is Cc1ccc(NC(=O)C2CCCC(N)C2)cc1Br.Cl. The smallest absolute Gasteiger partial charge is 0.227 e. The van der Waals surface area contributed by atoms with E-state index < -0.39 is 0 Å². The molecule has 0 bridgehead atoms. The Morgan fingerprint density at radius 3 is 2.79 bits per heavy atom. The first-order valence-corrected chi connectivity index (χ1v) is 7.18. The third-order valence-corrected chi connectivity index (χ3v) is 4.38. The number of carbonyl (C=O) groups excluding carboxylic acids is 1. The Hall–Kier alpha value is -0.580. The van der Waals surface area contributed by atoms with Gasteiger partial charge in [-0.15, -0.1) is 12.4 Å². The summed E-state index contributed by atoms with van der Waals surface area (Å²) in [7, 11) is 0. The van der Waals surface area contributed by atoms with E-state index in [0.717, 1.165) is 41.4 Å². The lowest BCUT2D eigenvalue weighted by Crippen LogP contribution is -2.34.